The molecule has 1 aromatic carbocycles. The molecule has 0 saturated carbocycles. The molecule has 2 N–H and O–H groups in total. The third-order valence-electron chi connectivity index (χ3n) is 4.08. The molecule has 2 rings (SSSR count). The number of nitrogens with one attached hydrogen (secondary N) is 1. The normalized spacial score (nSPS) is 10.4. The Hall–Kier alpha value is -1.78. The van der Waals surface area contributed by atoms with Gasteiger partial charge in [-0.25, -0.2) is 4.79 Å². The Balaban J connectivity index is 0.00000312. The number of furan rings is 1. The number of carbonyl (C=O) groups is 1. The molecule has 0 amide bonds. The Bertz CT molecular complexity index is 622. The standard InChI is InChI=1S/C20H27NO3.ClH/c1-2-3-4-5-6-7-14-21-15-18-12-13-19(24-18)16-8-10-17(11-9-16)20(22)23;/h8-13,21H,2-7,14-15H2,1H3,(H,22,23);1H. The molecule has 0 fully saturated rings. The van der Waals surface area contributed by atoms with Gasteiger partial charge in [-0.3, -0.25) is 0 Å². The number of rotatable bonds is 11. The van der Waals surface area contributed by atoms with Gasteiger partial charge in [0.25, 0.3) is 0 Å². The van der Waals surface area contributed by atoms with Crippen molar-refractivity contribution in [2.24, 2.45) is 0 Å². The number of halogens is 1. The van der Waals surface area contributed by atoms with Crippen molar-refractivity contribution < 1.29 is 14.3 Å². The summed E-state index contributed by atoms with van der Waals surface area (Å²) in [6.07, 6.45) is 7.79. The number of unbranched alkanes of at least 4 members (excludes halogenated alkanes) is 5. The van der Waals surface area contributed by atoms with Crippen LogP contribution in [0.5, 0.6) is 0 Å². The van der Waals surface area contributed by atoms with Crippen LogP contribution in [-0.2, 0) is 6.54 Å². The van der Waals surface area contributed by atoms with Crippen molar-refractivity contribution in [1.29, 1.82) is 0 Å². The molecule has 0 aliphatic heterocycles. The monoisotopic (exact) mass is 365 g/mol. The molecule has 5 heteroatoms. The van der Waals surface area contributed by atoms with Crippen molar-refractivity contribution in [3.8, 4) is 11.3 Å². The van der Waals surface area contributed by atoms with E-state index in [4.69, 9.17) is 9.52 Å². The number of benzene rings is 1. The second-order valence-corrected chi connectivity index (χ2v) is 6.09. The summed E-state index contributed by atoms with van der Waals surface area (Å²) in [5, 5.41) is 12.3. The van der Waals surface area contributed by atoms with E-state index < -0.39 is 5.97 Å². The van der Waals surface area contributed by atoms with Gasteiger partial charge in [0.1, 0.15) is 11.5 Å². The second kappa shape index (κ2) is 11.7. The molecule has 0 spiro atoms. The molecule has 4 nitrogen and oxygen atoms in total. The van der Waals surface area contributed by atoms with Crippen molar-refractivity contribution >= 4 is 18.4 Å². The van der Waals surface area contributed by atoms with E-state index in [0.717, 1.165) is 30.2 Å². The van der Waals surface area contributed by atoms with Crippen LogP contribution < -0.4 is 5.32 Å². The zero-order valence-electron chi connectivity index (χ0n) is 14.8. The van der Waals surface area contributed by atoms with Gasteiger partial charge < -0.3 is 14.8 Å². The molecule has 0 atom stereocenters. The molecule has 0 saturated heterocycles. The van der Waals surface area contributed by atoms with Gasteiger partial charge in [-0.05, 0) is 37.2 Å². The molecule has 25 heavy (non-hydrogen) atoms. The fraction of sp³-hybridized carbons (Fsp3) is 0.450. The lowest BCUT2D eigenvalue weighted by molar-refractivity contribution is 0.0697. The highest BCUT2D eigenvalue weighted by Gasteiger charge is 2.07. The Morgan fingerprint density at radius 3 is 2.36 bits per heavy atom. The molecule has 2 aromatic rings. The van der Waals surface area contributed by atoms with Crippen molar-refractivity contribution in [1.82, 2.24) is 5.32 Å². The summed E-state index contributed by atoms with van der Waals surface area (Å²) in [5.41, 5.74) is 1.17. The number of carboxylic acids is 1. The number of hydrogen-bond donors (Lipinski definition) is 2. The maximum atomic E-state index is 10.9. The summed E-state index contributed by atoms with van der Waals surface area (Å²) in [6, 6.07) is 10.6. The SMILES string of the molecule is CCCCCCCCNCc1ccc(-c2ccc(C(=O)O)cc2)o1.Cl. The average molecular weight is 366 g/mol. The van der Waals surface area contributed by atoms with E-state index in [1.165, 1.54) is 38.5 Å². The summed E-state index contributed by atoms with van der Waals surface area (Å²) in [6.45, 7) is 3.97. The highest BCUT2D eigenvalue weighted by Crippen LogP contribution is 2.22. The first-order valence-corrected chi connectivity index (χ1v) is 8.84. The molecule has 0 aliphatic carbocycles. The summed E-state index contributed by atoms with van der Waals surface area (Å²) >= 11 is 0. The third-order valence-corrected chi connectivity index (χ3v) is 4.08. The van der Waals surface area contributed by atoms with Crippen LogP contribution in [-0.4, -0.2) is 17.6 Å². The Labute approximate surface area is 156 Å². The van der Waals surface area contributed by atoms with Crippen molar-refractivity contribution in [3.63, 3.8) is 0 Å². The molecule has 1 heterocycles. The Morgan fingerprint density at radius 2 is 1.68 bits per heavy atom. The topological polar surface area (TPSA) is 62.5 Å². The van der Waals surface area contributed by atoms with Gasteiger partial charge in [0, 0.05) is 5.56 Å². The Kier molecular flexibility index (Phi) is 9.97. The molecular weight excluding hydrogens is 338 g/mol. The zero-order chi connectivity index (χ0) is 17.2. The first kappa shape index (κ1) is 21.3. The molecule has 0 bridgehead atoms. The summed E-state index contributed by atoms with van der Waals surface area (Å²) in [7, 11) is 0. The largest absolute Gasteiger partial charge is 0.478 e. The van der Waals surface area contributed by atoms with Crippen LogP contribution in [0.4, 0.5) is 0 Å². The second-order valence-electron chi connectivity index (χ2n) is 6.09. The highest BCUT2D eigenvalue weighted by atomic mass is 35.5. The van der Waals surface area contributed by atoms with Gasteiger partial charge in [-0.1, -0.05) is 51.2 Å². The van der Waals surface area contributed by atoms with Gasteiger partial charge in [0.15, 0.2) is 0 Å². The van der Waals surface area contributed by atoms with Crippen LogP contribution in [0.15, 0.2) is 40.8 Å². The first-order valence-electron chi connectivity index (χ1n) is 8.84. The zero-order valence-corrected chi connectivity index (χ0v) is 15.6. The van der Waals surface area contributed by atoms with E-state index in [1.807, 2.05) is 12.1 Å². The predicted octanol–water partition coefficient (Wildman–Crippen LogP) is 5.52. The molecule has 0 aliphatic rings. The fourth-order valence-electron chi connectivity index (χ4n) is 2.65. The quantitative estimate of drug-likeness (QED) is 0.515. The van der Waals surface area contributed by atoms with Crippen LogP contribution in [0.25, 0.3) is 11.3 Å². The number of hydrogen-bond acceptors (Lipinski definition) is 3. The minimum atomic E-state index is -0.916. The molecule has 0 unspecified atom stereocenters. The van der Waals surface area contributed by atoms with Crippen LogP contribution in [0.2, 0.25) is 0 Å². The van der Waals surface area contributed by atoms with Gasteiger partial charge in [0.05, 0.1) is 12.1 Å². The average Bonchev–Trinajstić information content (AvgIpc) is 3.06. The lowest BCUT2D eigenvalue weighted by Gasteiger charge is -2.03. The minimum Gasteiger partial charge on any atom is -0.478 e. The molecule has 0 radical (unpaired) electrons. The van der Waals surface area contributed by atoms with E-state index in [1.54, 1.807) is 24.3 Å². The highest BCUT2D eigenvalue weighted by molar-refractivity contribution is 5.88. The first-order chi connectivity index (χ1) is 11.7. The van der Waals surface area contributed by atoms with Crippen molar-refractivity contribution in [3.05, 3.63) is 47.7 Å². The lowest BCUT2D eigenvalue weighted by atomic mass is 10.1. The van der Waals surface area contributed by atoms with Gasteiger partial charge in [-0.15, -0.1) is 12.4 Å². The van der Waals surface area contributed by atoms with E-state index in [9.17, 15) is 4.79 Å². The molecule has 138 valence electrons. The smallest absolute Gasteiger partial charge is 0.335 e. The van der Waals surface area contributed by atoms with Gasteiger partial charge in [0.2, 0.25) is 0 Å². The maximum absolute atomic E-state index is 10.9. The van der Waals surface area contributed by atoms with Crippen molar-refractivity contribution in [2.45, 2.75) is 52.0 Å². The summed E-state index contributed by atoms with van der Waals surface area (Å²) < 4.78 is 5.82. The van der Waals surface area contributed by atoms with Crippen LogP contribution in [0.3, 0.4) is 0 Å². The molecular formula is C20H28ClNO3. The van der Waals surface area contributed by atoms with E-state index in [2.05, 4.69) is 12.2 Å². The van der Waals surface area contributed by atoms with Crippen LogP contribution in [0, 0.1) is 0 Å². The number of aromatic carboxylic acids is 1. The molecule has 1 aromatic heterocycles. The minimum absolute atomic E-state index is 0. The van der Waals surface area contributed by atoms with E-state index >= 15 is 0 Å². The van der Waals surface area contributed by atoms with Crippen LogP contribution in [0.1, 0.15) is 61.6 Å². The van der Waals surface area contributed by atoms with E-state index in [0.29, 0.717) is 0 Å². The maximum Gasteiger partial charge on any atom is 0.335 e. The van der Waals surface area contributed by atoms with Crippen molar-refractivity contribution in [2.75, 3.05) is 6.54 Å². The van der Waals surface area contributed by atoms with Crippen LogP contribution >= 0.6 is 12.4 Å². The lowest BCUT2D eigenvalue weighted by Crippen LogP contribution is -2.14. The number of carboxylic acid groups (broad SMARTS) is 1. The summed E-state index contributed by atoms with van der Waals surface area (Å²) in [4.78, 5) is 10.9. The van der Waals surface area contributed by atoms with Gasteiger partial charge in [-0.2, -0.15) is 0 Å². The fourth-order valence-corrected chi connectivity index (χ4v) is 2.65. The van der Waals surface area contributed by atoms with E-state index in [-0.39, 0.29) is 18.0 Å². The predicted molar refractivity (Wildman–Crippen MR) is 103 cm³/mol. The Morgan fingerprint density at radius 1 is 1.00 bits per heavy atom. The van der Waals surface area contributed by atoms with Gasteiger partial charge >= 0.3 is 5.97 Å². The summed E-state index contributed by atoms with van der Waals surface area (Å²) in [5.74, 6) is 0.752. The third kappa shape index (κ3) is 7.32.